The molecule has 0 aromatic rings. The summed E-state index contributed by atoms with van der Waals surface area (Å²) in [5.41, 5.74) is 0. The fraction of sp³-hybridized carbons (Fsp3) is 1.00. The van der Waals surface area contributed by atoms with Gasteiger partial charge in [0, 0.05) is 26.8 Å². The Hall–Kier alpha value is -0.200. The van der Waals surface area contributed by atoms with Crippen molar-refractivity contribution in [3.8, 4) is 0 Å². The summed E-state index contributed by atoms with van der Waals surface area (Å²) in [4.78, 5) is 0. The van der Waals surface area contributed by atoms with Gasteiger partial charge >= 0.3 is 0 Å². The van der Waals surface area contributed by atoms with E-state index < -0.39 is 6.10 Å². The first-order chi connectivity index (χ1) is 8.56. The average Bonchev–Trinajstić information content (AvgIpc) is 2.31. The quantitative estimate of drug-likeness (QED) is 0.507. The molecule has 0 radical (unpaired) electrons. The van der Waals surface area contributed by atoms with Gasteiger partial charge in [-0.25, -0.2) is 0 Å². The van der Waals surface area contributed by atoms with Crippen molar-refractivity contribution in [1.29, 1.82) is 0 Å². The molecule has 0 saturated heterocycles. The Morgan fingerprint density at radius 2 is 1.83 bits per heavy atom. The van der Waals surface area contributed by atoms with Crippen molar-refractivity contribution in [1.82, 2.24) is 5.32 Å². The van der Waals surface area contributed by atoms with Crippen LogP contribution in [0.3, 0.4) is 0 Å². The Labute approximate surface area is 111 Å². The third-order valence-corrected chi connectivity index (χ3v) is 2.23. The van der Waals surface area contributed by atoms with Crippen LogP contribution in [-0.2, 0) is 14.2 Å². The van der Waals surface area contributed by atoms with E-state index in [0.717, 1.165) is 13.2 Å². The van der Waals surface area contributed by atoms with Gasteiger partial charge in [-0.05, 0) is 12.8 Å². The molecule has 0 fully saturated rings. The summed E-state index contributed by atoms with van der Waals surface area (Å²) in [6, 6.07) is 0. The van der Waals surface area contributed by atoms with E-state index in [1.54, 1.807) is 7.11 Å². The molecule has 5 heteroatoms. The fourth-order valence-corrected chi connectivity index (χ4v) is 1.35. The number of methoxy groups -OCH3 is 1. The molecular weight excluding hydrogens is 234 g/mol. The summed E-state index contributed by atoms with van der Waals surface area (Å²) in [7, 11) is 1.63. The van der Waals surface area contributed by atoms with Crippen molar-refractivity contribution in [2.24, 2.45) is 5.92 Å². The third kappa shape index (κ3) is 12.3. The van der Waals surface area contributed by atoms with Gasteiger partial charge in [-0.2, -0.15) is 0 Å². The molecule has 0 spiro atoms. The SMILES string of the molecule is COCC(C)OCC(O)CNCCOCC(C)C. The molecule has 5 nitrogen and oxygen atoms in total. The number of aliphatic hydroxyl groups is 1. The highest BCUT2D eigenvalue weighted by atomic mass is 16.5. The standard InChI is InChI=1S/C13H29NO4/c1-11(2)8-17-6-5-14-7-13(15)10-18-12(3)9-16-4/h11-15H,5-10H2,1-4H3. The minimum Gasteiger partial charge on any atom is -0.389 e. The fourth-order valence-electron chi connectivity index (χ4n) is 1.35. The Morgan fingerprint density at radius 1 is 1.11 bits per heavy atom. The zero-order valence-electron chi connectivity index (χ0n) is 12.1. The molecule has 0 aliphatic heterocycles. The molecule has 2 N–H and O–H groups in total. The lowest BCUT2D eigenvalue weighted by molar-refractivity contribution is -0.0313. The van der Waals surface area contributed by atoms with Crippen LogP contribution in [0, 0.1) is 5.92 Å². The van der Waals surface area contributed by atoms with Crippen molar-refractivity contribution in [3.63, 3.8) is 0 Å². The Bertz CT molecular complexity index is 178. The second kappa shape index (κ2) is 11.9. The number of nitrogens with one attached hydrogen (secondary N) is 1. The number of rotatable bonds is 12. The monoisotopic (exact) mass is 263 g/mol. The maximum absolute atomic E-state index is 9.64. The second-order valence-electron chi connectivity index (χ2n) is 4.93. The number of hydrogen-bond acceptors (Lipinski definition) is 5. The highest BCUT2D eigenvalue weighted by Gasteiger charge is 2.07. The highest BCUT2D eigenvalue weighted by molar-refractivity contribution is 4.59. The molecule has 0 saturated carbocycles. The largest absolute Gasteiger partial charge is 0.389 e. The van der Waals surface area contributed by atoms with E-state index in [0.29, 0.717) is 32.3 Å². The molecule has 0 aromatic carbocycles. The first-order valence-electron chi connectivity index (χ1n) is 6.63. The van der Waals surface area contributed by atoms with E-state index in [-0.39, 0.29) is 6.10 Å². The van der Waals surface area contributed by atoms with Gasteiger partial charge in [-0.3, -0.25) is 0 Å². The lowest BCUT2D eigenvalue weighted by Crippen LogP contribution is -2.34. The van der Waals surface area contributed by atoms with E-state index in [4.69, 9.17) is 14.2 Å². The number of hydrogen-bond donors (Lipinski definition) is 2. The predicted molar refractivity (Wildman–Crippen MR) is 71.8 cm³/mol. The van der Waals surface area contributed by atoms with Crippen LogP contribution < -0.4 is 5.32 Å². The van der Waals surface area contributed by atoms with E-state index >= 15 is 0 Å². The van der Waals surface area contributed by atoms with E-state index in [1.165, 1.54) is 0 Å². The van der Waals surface area contributed by atoms with Gasteiger partial charge in [-0.1, -0.05) is 13.8 Å². The molecular formula is C13H29NO4. The van der Waals surface area contributed by atoms with Crippen LogP contribution in [0.1, 0.15) is 20.8 Å². The van der Waals surface area contributed by atoms with Crippen LogP contribution in [0.25, 0.3) is 0 Å². The molecule has 0 rings (SSSR count). The van der Waals surface area contributed by atoms with Crippen LogP contribution in [0.4, 0.5) is 0 Å². The van der Waals surface area contributed by atoms with E-state index in [9.17, 15) is 5.11 Å². The molecule has 2 atom stereocenters. The van der Waals surface area contributed by atoms with Gasteiger partial charge in [0.2, 0.25) is 0 Å². The van der Waals surface area contributed by atoms with Gasteiger partial charge in [0.1, 0.15) is 0 Å². The molecule has 0 bridgehead atoms. The number of aliphatic hydroxyl groups excluding tert-OH is 1. The predicted octanol–water partition coefficient (Wildman–Crippen LogP) is 0.661. The van der Waals surface area contributed by atoms with Gasteiger partial charge in [-0.15, -0.1) is 0 Å². The van der Waals surface area contributed by atoms with Crippen molar-refractivity contribution in [2.45, 2.75) is 33.0 Å². The first-order valence-corrected chi connectivity index (χ1v) is 6.63. The first kappa shape index (κ1) is 17.8. The van der Waals surface area contributed by atoms with Crippen LogP contribution >= 0.6 is 0 Å². The topological polar surface area (TPSA) is 60.0 Å². The van der Waals surface area contributed by atoms with Crippen molar-refractivity contribution < 1.29 is 19.3 Å². The minimum absolute atomic E-state index is 0.0130. The van der Waals surface area contributed by atoms with Crippen molar-refractivity contribution in [2.75, 3.05) is 46.6 Å². The lowest BCUT2D eigenvalue weighted by Gasteiger charge is -2.16. The highest BCUT2D eigenvalue weighted by Crippen LogP contribution is 1.94. The average molecular weight is 263 g/mol. The number of ether oxygens (including phenoxy) is 3. The lowest BCUT2D eigenvalue weighted by atomic mass is 10.2. The van der Waals surface area contributed by atoms with Crippen molar-refractivity contribution in [3.05, 3.63) is 0 Å². The van der Waals surface area contributed by atoms with Crippen LogP contribution in [0.15, 0.2) is 0 Å². The van der Waals surface area contributed by atoms with Crippen LogP contribution in [-0.4, -0.2) is 63.9 Å². The Morgan fingerprint density at radius 3 is 2.44 bits per heavy atom. The molecule has 0 aliphatic rings. The molecule has 0 aliphatic carbocycles. The summed E-state index contributed by atoms with van der Waals surface area (Å²) in [5, 5.41) is 12.8. The molecule has 110 valence electrons. The smallest absolute Gasteiger partial charge is 0.0897 e. The Balaban J connectivity index is 3.29. The van der Waals surface area contributed by atoms with Gasteiger partial charge in [0.05, 0.1) is 32.0 Å². The maximum atomic E-state index is 9.64. The van der Waals surface area contributed by atoms with Gasteiger partial charge < -0.3 is 24.6 Å². The molecule has 0 amide bonds. The summed E-state index contributed by atoms with van der Waals surface area (Å²) in [5.74, 6) is 0.561. The Kier molecular flexibility index (Phi) is 11.7. The maximum Gasteiger partial charge on any atom is 0.0897 e. The summed E-state index contributed by atoms with van der Waals surface area (Å²) in [6.07, 6.45) is -0.478. The molecule has 0 heterocycles. The summed E-state index contributed by atoms with van der Waals surface area (Å²) >= 11 is 0. The van der Waals surface area contributed by atoms with Gasteiger partial charge in [0.25, 0.3) is 0 Å². The van der Waals surface area contributed by atoms with Crippen molar-refractivity contribution >= 4 is 0 Å². The van der Waals surface area contributed by atoms with E-state index in [2.05, 4.69) is 19.2 Å². The summed E-state index contributed by atoms with van der Waals surface area (Å²) < 4.78 is 15.8. The van der Waals surface area contributed by atoms with Gasteiger partial charge in [0.15, 0.2) is 0 Å². The summed E-state index contributed by atoms with van der Waals surface area (Å²) in [6.45, 7) is 9.75. The third-order valence-electron chi connectivity index (χ3n) is 2.23. The minimum atomic E-state index is -0.491. The second-order valence-corrected chi connectivity index (χ2v) is 4.93. The zero-order chi connectivity index (χ0) is 13.8. The van der Waals surface area contributed by atoms with E-state index in [1.807, 2.05) is 6.92 Å². The van der Waals surface area contributed by atoms with Crippen LogP contribution in [0.2, 0.25) is 0 Å². The molecule has 2 unspecified atom stereocenters. The normalized spacial score (nSPS) is 15.0. The molecule has 18 heavy (non-hydrogen) atoms. The van der Waals surface area contributed by atoms with Crippen LogP contribution in [0.5, 0.6) is 0 Å². The zero-order valence-corrected chi connectivity index (χ0v) is 12.1. The molecule has 0 aromatic heterocycles.